The molecule has 0 aliphatic carbocycles. The Morgan fingerprint density at radius 1 is 1.35 bits per heavy atom. The van der Waals surface area contributed by atoms with Gasteiger partial charge in [-0.3, -0.25) is 10.00 Å². The molecule has 3 rings (SSSR count). The highest BCUT2D eigenvalue weighted by molar-refractivity contribution is 7.89. The zero-order chi connectivity index (χ0) is 11.9. The van der Waals surface area contributed by atoms with Crippen LogP contribution in [0.2, 0.25) is 0 Å². The van der Waals surface area contributed by atoms with E-state index in [1.54, 1.807) is 4.31 Å². The van der Waals surface area contributed by atoms with Crippen LogP contribution in [0.1, 0.15) is 12.8 Å². The highest BCUT2D eigenvalue weighted by atomic mass is 32.2. The molecule has 3 heterocycles. The third-order valence-electron chi connectivity index (χ3n) is 3.66. The molecule has 7 heteroatoms. The first kappa shape index (κ1) is 11.2. The van der Waals surface area contributed by atoms with Gasteiger partial charge in [0.2, 0.25) is 10.0 Å². The summed E-state index contributed by atoms with van der Waals surface area (Å²) in [4.78, 5) is 2.66. The lowest BCUT2D eigenvalue weighted by Crippen LogP contribution is -2.51. The van der Waals surface area contributed by atoms with Gasteiger partial charge >= 0.3 is 0 Å². The van der Waals surface area contributed by atoms with Gasteiger partial charge in [-0.25, -0.2) is 8.42 Å². The summed E-state index contributed by atoms with van der Waals surface area (Å²) in [5, 5.41) is 6.26. The summed E-state index contributed by atoms with van der Waals surface area (Å²) >= 11 is 0. The van der Waals surface area contributed by atoms with Crippen molar-refractivity contribution in [1.82, 2.24) is 19.4 Å². The molecule has 1 aromatic heterocycles. The van der Waals surface area contributed by atoms with Crippen LogP contribution in [0.3, 0.4) is 0 Å². The van der Waals surface area contributed by atoms with E-state index in [0.717, 1.165) is 19.5 Å². The van der Waals surface area contributed by atoms with Gasteiger partial charge in [-0.1, -0.05) is 0 Å². The fourth-order valence-electron chi connectivity index (χ4n) is 2.71. The summed E-state index contributed by atoms with van der Waals surface area (Å²) in [6.07, 6.45) is 5.11. The van der Waals surface area contributed by atoms with E-state index < -0.39 is 10.0 Å². The van der Waals surface area contributed by atoms with Crippen LogP contribution >= 0.6 is 0 Å². The van der Waals surface area contributed by atoms with E-state index in [2.05, 4.69) is 15.1 Å². The summed E-state index contributed by atoms with van der Waals surface area (Å²) in [7, 11) is -3.34. The predicted molar refractivity (Wildman–Crippen MR) is 61.9 cm³/mol. The molecule has 2 fully saturated rings. The maximum absolute atomic E-state index is 12.3. The van der Waals surface area contributed by atoms with Gasteiger partial charge in [-0.15, -0.1) is 0 Å². The van der Waals surface area contributed by atoms with E-state index in [9.17, 15) is 8.42 Å². The molecule has 0 amide bonds. The van der Waals surface area contributed by atoms with Crippen LogP contribution in [0, 0.1) is 0 Å². The van der Waals surface area contributed by atoms with E-state index in [1.165, 1.54) is 18.8 Å². The normalized spacial score (nSPS) is 27.2. The molecule has 1 atom stereocenters. The monoisotopic (exact) mass is 256 g/mol. The molecule has 1 unspecified atom stereocenters. The van der Waals surface area contributed by atoms with Crippen molar-refractivity contribution in [2.45, 2.75) is 23.8 Å². The summed E-state index contributed by atoms with van der Waals surface area (Å²) in [6.45, 7) is 3.17. The average Bonchev–Trinajstić information content (AvgIpc) is 2.99. The smallest absolute Gasteiger partial charge is 0.246 e. The van der Waals surface area contributed by atoms with Gasteiger partial charge in [0.1, 0.15) is 4.90 Å². The maximum atomic E-state index is 12.3. The molecule has 0 radical (unpaired) electrons. The van der Waals surface area contributed by atoms with Crippen molar-refractivity contribution in [3.05, 3.63) is 12.4 Å². The van der Waals surface area contributed by atoms with E-state index in [-0.39, 0.29) is 4.90 Å². The first-order valence-corrected chi connectivity index (χ1v) is 7.35. The number of nitrogens with zero attached hydrogens (tertiary/aromatic N) is 3. The van der Waals surface area contributed by atoms with E-state index in [1.807, 2.05) is 0 Å². The van der Waals surface area contributed by atoms with Gasteiger partial charge in [-0.05, 0) is 19.4 Å². The molecule has 1 aromatic rings. The quantitative estimate of drug-likeness (QED) is 0.801. The number of piperazine rings is 1. The number of hydrogen-bond donors (Lipinski definition) is 1. The first-order chi connectivity index (χ1) is 8.18. The second kappa shape index (κ2) is 4.08. The highest BCUT2D eigenvalue weighted by Gasteiger charge is 2.36. The van der Waals surface area contributed by atoms with E-state index >= 15 is 0 Å². The molecular weight excluding hydrogens is 240 g/mol. The van der Waals surface area contributed by atoms with E-state index in [4.69, 9.17) is 0 Å². The SMILES string of the molecule is O=S(=O)(c1cn[nH]c1)N1CCN2CCCC2C1. The molecule has 0 aromatic carbocycles. The van der Waals surface area contributed by atoms with Crippen molar-refractivity contribution in [2.75, 3.05) is 26.2 Å². The number of nitrogens with one attached hydrogen (secondary N) is 1. The summed E-state index contributed by atoms with van der Waals surface area (Å²) in [5.74, 6) is 0. The molecule has 2 aliphatic heterocycles. The van der Waals surface area contributed by atoms with Gasteiger partial charge in [0.05, 0.1) is 6.20 Å². The van der Waals surface area contributed by atoms with Crippen LogP contribution in [0.25, 0.3) is 0 Å². The Labute approximate surface area is 101 Å². The van der Waals surface area contributed by atoms with Crippen molar-refractivity contribution in [2.24, 2.45) is 0 Å². The number of rotatable bonds is 2. The zero-order valence-corrected chi connectivity index (χ0v) is 10.4. The van der Waals surface area contributed by atoms with Crippen molar-refractivity contribution in [1.29, 1.82) is 0 Å². The number of aromatic amines is 1. The van der Waals surface area contributed by atoms with Crippen LogP contribution < -0.4 is 0 Å². The number of H-pyrrole nitrogens is 1. The Kier molecular flexibility index (Phi) is 2.68. The van der Waals surface area contributed by atoms with Crippen molar-refractivity contribution in [3.63, 3.8) is 0 Å². The highest BCUT2D eigenvalue weighted by Crippen LogP contribution is 2.25. The summed E-state index contributed by atoms with van der Waals surface area (Å²) < 4.78 is 26.2. The van der Waals surface area contributed by atoms with Crippen molar-refractivity contribution in [3.8, 4) is 0 Å². The molecule has 6 nitrogen and oxygen atoms in total. The minimum Gasteiger partial charge on any atom is -0.298 e. The topological polar surface area (TPSA) is 69.3 Å². The molecule has 2 aliphatic rings. The third kappa shape index (κ3) is 1.88. The Morgan fingerprint density at radius 3 is 3.00 bits per heavy atom. The third-order valence-corrected chi connectivity index (χ3v) is 5.49. The lowest BCUT2D eigenvalue weighted by atomic mass is 10.2. The molecule has 0 bridgehead atoms. The molecule has 17 heavy (non-hydrogen) atoms. The van der Waals surface area contributed by atoms with Crippen LogP contribution in [0.4, 0.5) is 0 Å². The van der Waals surface area contributed by atoms with Crippen molar-refractivity contribution < 1.29 is 8.42 Å². The van der Waals surface area contributed by atoms with Gasteiger partial charge in [0.25, 0.3) is 0 Å². The van der Waals surface area contributed by atoms with Crippen molar-refractivity contribution >= 4 is 10.0 Å². The largest absolute Gasteiger partial charge is 0.298 e. The molecule has 0 saturated carbocycles. The van der Waals surface area contributed by atoms with Gasteiger partial charge in [0, 0.05) is 31.9 Å². The number of fused-ring (bicyclic) bond motifs is 1. The minimum atomic E-state index is -3.34. The van der Waals surface area contributed by atoms with Gasteiger partial charge in [0.15, 0.2) is 0 Å². The Balaban J connectivity index is 1.81. The molecule has 94 valence electrons. The first-order valence-electron chi connectivity index (χ1n) is 5.91. The van der Waals surface area contributed by atoms with Crippen LogP contribution in [-0.2, 0) is 10.0 Å². The number of hydrogen-bond acceptors (Lipinski definition) is 4. The second-order valence-corrected chi connectivity index (χ2v) is 6.57. The van der Waals surface area contributed by atoms with Gasteiger partial charge < -0.3 is 0 Å². The van der Waals surface area contributed by atoms with E-state index in [0.29, 0.717) is 19.1 Å². The number of aromatic nitrogens is 2. The Hall–Kier alpha value is -0.920. The minimum absolute atomic E-state index is 0.268. The summed E-state index contributed by atoms with van der Waals surface area (Å²) in [6, 6.07) is 0.408. The summed E-state index contributed by atoms with van der Waals surface area (Å²) in [5.41, 5.74) is 0. The standard InChI is InChI=1S/C10H16N4O2S/c15-17(16,10-6-11-12-7-10)14-5-4-13-3-1-2-9(13)8-14/h6-7,9H,1-5,8H2,(H,11,12). The van der Waals surface area contributed by atoms with Crippen LogP contribution in [-0.4, -0.2) is 60.0 Å². The average molecular weight is 256 g/mol. The fraction of sp³-hybridized carbons (Fsp3) is 0.700. The van der Waals surface area contributed by atoms with Gasteiger partial charge in [-0.2, -0.15) is 9.40 Å². The molecule has 1 N–H and O–H groups in total. The Bertz CT molecular complexity index is 484. The fourth-order valence-corrected chi connectivity index (χ4v) is 4.09. The van der Waals surface area contributed by atoms with Crippen LogP contribution in [0.5, 0.6) is 0 Å². The molecule has 0 spiro atoms. The van der Waals surface area contributed by atoms with Crippen LogP contribution in [0.15, 0.2) is 17.3 Å². The Morgan fingerprint density at radius 2 is 2.24 bits per heavy atom. The lowest BCUT2D eigenvalue weighted by Gasteiger charge is -2.36. The maximum Gasteiger partial charge on any atom is 0.246 e. The zero-order valence-electron chi connectivity index (χ0n) is 9.54. The second-order valence-electron chi connectivity index (χ2n) is 4.63. The molecule has 2 saturated heterocycles. The molecular formula is C10H16N4O2S. The predicted octanol–water partition coefficient (Wildman–Crippen LogP) is -0.122. The number of sulfonamides is 1. The lowest BCUT2D eigenvalue weighted by molar-refractivity contribution is 0.158.